The number of hydrogen-bond acceptors (Lipinski definition) is 5. The van der Waals surface area contributed by atoms with Gasteiger partial charge in [0.15, 0.2) is 6.61 Å². The van der Waals surface area contributed by atoms with E-state index < -0.39 is 34.3 Å². The molecule has 1 atom stereocenters. The second-order valence-corrected chi connectivity index (χ2v) is 9.41. The monoisotopic (exact) mass is 484 g/mol. The van der Waals surface area contributed by atoms with Crippen molar-refractivity contribution in [2.45, 2.75) is 24.8 Å². The molecule has 0 aromatic heterocycles. The van der Waals surface area contributed by atoms with E-state index in [1.54, 1.807) is 19.2 Å². The van der Waals surface area contributed by atoms with E-state index in [1.807, 2.05) is 37.3 Å². The molecule has 0 bridgehead atoms. The Bertz CT molecular complexity index is 1300. The summed E-state index contributed by atoms with van der Waals surface area (Å²) in [5.74, 6) is -1.80. The molecule has 1 unspecified atom stereocenters. The lowest BCUT2D eigenvalue weighted by atomic mass is 10.1. The quantitative estimate of drug-likeness (QED) is 0.481. The topological polar surface area (TPSA) is 92.8 Å². The van der Waals surface area contributed by atoms with Crippen LogP contribution in [0.25, 0.3) is 0 Å². The number of para-hydroxylation sites is 1. The van der Waals surface area contributed by atoms with Crippen LogP contribution < -0.4 is 4.72 Å². The fourth-order valence-corrected chi connectivity index (χ4v) is 4.38. The van der Waals surface area contributed by atoms with Gasteiger partial charge in [0.25, 0.3) is 15.9 Å². The number of hydrogen-bond donors (Lipinski definition) is 1. The number of benzene rings is 3. The molecule has 0 aliphatic heterocycles. The van der Waals surface area contributed by atoms with Gasteiger partial charge in [0.2, 0.25) is 0 Å². The summed E-state index contributed by atoms with van der Waals surface area (Å²) in [4.78, 5) is 26.5. The standard InChI is InChI=1S/C25H25FN2O5S/c1-17-15-20(13-14-22(17)26)34(31,32)27-23-12-8-7-11-21(23)25(30)33-16-24(29)28(3)18(2)19-9-5-4-6-10-19/h4-15,18,27H,16H2,1-3H3. The molecule has 0 radical (unpaired) electrons. The number of rotatable bonds is 8. The summed E-state index contributed by atoms with van der Waals surface area (Å²) < 4.78 is 46.6. The van der Waals surface area contributed by atoms with Crippen molar-refractivity contribution in [2.24, 2.45) is 0 Å². The predicted octanol–water partition coefficient (Wildman–Crippen LogP) is 4.31. The lowest BCUT2D eigenvalue weighted by molar-refractivity contribution is -0.135. The van der Waals surface area contributed by atoms with E-state index in [-0.39, 0.29) is 27.8 Å². The number of sulfonamides is 1. The molecule has 3 aromatic carbocycles. The van der Waals surface area contributed by atoms with Crippen LogP contribution in [0.15, 0.2) is 77.7 Å². The van der Waals surface area contributed by atoms with Gasteiger partial charge in [-0.3, -0.25) is 9.52 Å². The molecule has 0 fully saturated rings. The van der Waals surface area contributed by atoms with Gasteiger partial charge >= 0.3 is 5.97 Å². The minimum atomic E-state index is -4.09. The van der Waals surface area contributed by atoms with Crippen LogP contribution in [0.4, 0.5) is 10.1 Å². The number of anilines is 1. The van der Waals surface area contributed by atoms with Crippen LogP contribution in [-0.4, -0.2) is 38.8 Å². The van der Waals surface area contributed by atoms with Crippen molar-refractivity contribution >= 4 is 27.6 Å². The molecule has 3 aromatic rings. The van der Waals surface area contributed by atoms with Crippen LogP contribution in [0, 0.1) is 12.7 Å². The third-order valence-corrected chi connectivity index (χ3v) is 6.78. The summed E-state index contributed by atoms with van der Waals surface area (Å²) >= 11 is 0. The summed E-state index contributed by atoms with van der Waals surface area (Å²) in [5.41, 5.74) is 1.02. The number of esters is 1. The van der Waals surface area contributed by atoms with E-state index in [0.717, 1.165) is 17.7 Å². The Hall–Kier alpha value is -3.72. The highest BCUT2D eigenvalue weighted by Crippen LogP contribution is 2.23. The Balaban J connectivity index is 1.70. The first kappa shape index (κ1) is 24.9. The van der Waals surface area contributed by atoms with Crippen LogP contribution in [0.3, 0.4) is 0 Å². The first-order chi connectivity index (χ1) is 16.1. The third kappa shape index (κ3) is 5.79. The number of nitrogens with zero attached hydrogens (tertiary/aromatic N) is 1. The normalized spacial score (nSPS) is 12.0. The predicted molar refractivity (Wildman–Crippen MR) is 126 cm³/mol. The molecule has 1 N–H and O–H groups in total. The fraction of sp³-hybridized carbons (Fsp3) is 0.200. The Labute approximate surface area is 198 Å². The molecule has 0 aliphatic rings. The van der Waals surface area contributed by atoms with Crippen molar-refractivity contribution in [1.29, 1.82) is 0 Å². The van der Waals surface area contributed by atoms with Crippen molar-refractivity contribution < 1.29 is 27.1 Å². The molecule has 0 heterocycles. The Morgan fingerprint density at radius 3 is 2.35 bits per heavy atom. The fourth-order valence-electron chi connectivity index (χ4n) is 3.22. The van der Waals surface area contributed by atoms with Crippen molar-refractivity contribution in [3.05, 3.63) is 95.3 Å². The Morgan fingerprint density at radius 2 is 1.68 bits per heavy atom. The second kappa shape index (κ2) is 10.5. The maximum atomic E-state index is 13.5. The number of aryl methyl sites for hydroxylation is 1. The Morgan fingerprint density at radius 1 is 1.03 bits per heavy atom. The average molecular weight is 485 g/mol. The van der Waals surface area contributed by atoms with Crippen molar-refractivity contribution in [3.8, 4) is 0 Å². The minimum absolute atomic E-state index is 0.0204. The van der Waals surface area contributed by atoms with Gasteiger partial charge in [-0.2, -0.15) is 0 Å². The van der Waals surface area contributed by atoms with Crippen LogP contribution in [0.2, 0.25) is 0 Å². The number of amides is 1. The number of halogens is 1. The van der Waals surface area contributed by atoms with Gasteiger partial charge in [0.05, 0.1) is 22.2 Å². The average Bonchev–Trinajstić information content (AvgIpc) is 2.83. The molecule has 0 saturated carbocycles. The first-order valence-corrected chi connectivity index (χ1v) is 11.9. The molecular weight excluding hydrogens is 459 g/mol. The van der Waals surface area contributed by atoms with Crippen LogP contribution in [0.1, 0.15) is 34.5 Å². The lowest BCUT2D eigenvalue weighted by Gasteiger charge is -2.25. The zero-order valence-electron chi connectivity index (χ0n) is 19.0. The molecule has 9 heteroatoms. The van der Waals surface area contributed by atoms with Gasteiger partial charge in [-0.15, -0.1) is 0 Å². The largest absolute Gasteiger partial charge is 0.452 e. The van der Waals surface area contributed by atoms with Crippen LogP contribution in [-0.2, 0) is 19.6 Å². The molecule has 7 nitrogen and oxygen atoms in total. The molecule has 3 rings (SSSR count). The summed E-state index contributed by atoms with van der Waals surface area (Å²) in [6.07, 6.45) is 0. The van der Waals surface area contributed by atoms with Crippen LogP contribution in [0.5, 0.6) is 0 Å². The first-order valence-electron chi connectivity index (χ1n) is 10.5. The maximum absolute atomic E-state index is 13.5. The van der Waals surface area contributed by atoms with Gasteiger partial charge in [0.1, 0.15) is 5.82 Å². The highest BCUT2D eigenvalue weighted by molar-refractivity contribution is 7.92. The summed E-state index contributed by atoms with van der Waals surface area (Å²) in [6, 6.07) is 18.4. The van der Waals surface area contributed by atoms with Gasteiger partial charge in [-0.05, 0) is 55.3 Å². The van der Waals surface area contributed by atoms with Crippen LogP contribution >= 0.6 is 0 Å². The number of ether oxygens (including phenoxy) is 1. The number of nitrogens with one attached hydrogen (secondary N) is 1. The smallest absolute Gasteiger partial charge is 0.340 e. The van der Waals surface area contributed by atoms with E-state index >= 15 is 0 Å². The SMILES string of the molecule is Cc1cc(S(=O)(=O)Nc2ccccc2C(=O)OCC(=O)N(C)C(C)c2ccccc2)ccc1F. The van der Waals surface area contributed by atoms with E-state index in [0.29, 0.717) is 0 Å². The number of carbonyl (C=O) groups is 2. The zero-order valence-corrected chi connectivity index (χ0v) is 19.8. The van der Waals surface area contributed by atoms with Crippen molar-refractivity contribution in [1.82, 2.24) is 4.90 Å². The number of likely N-dealkylation sites (N-methyl/N-ethyl adjacent to an activating group) is 1. The molecule has 0 spiro atoms. The van der Waals surface area contributed by atoms with Gasteiger partial charge < -0.3 is 9.64 Å². The highest BCUT2D eigenvalue weighted by Gasteiger charge is 2.22. The highest BCUT2D eigenvalue weighted by atomic mass is 32.2. The molecule has 0 saturated heterocycles. The second-order valence-electron chi connectivity index (χ2n) is 7.73. The third-order valence-electron chi connectivity index (χ3n) is 5.41. The van der Waals surface area contributed by atoms with Crippen molar-refractivity contribution in [2.75, 3.05) is 18.4 Å². The maximum Gasteiger partial charge on any atom is 0.340 e. The molecule has 1 amide bonds. The molecular formula is C25H25FN2O5S. The summed E-state index contributed by atoms with van der Waals surface area (Å²) in [6.45, 7) is 2.80. The van der Waals surface area contributed by atoms with E-state index in [9.17, 15) is 22.4 Å². The lowest BCUT2D eigenvalue weighted by Crippen LogP contribution is -2.33. The molecule has 0 aliphatic carbocycles. The van der Waals surface area contributed by atoms with Gasteiger partial charge in [-0.1, -0.05) is 42.5 Å². The Kier molecular flexibility index (Phi) is 7.68. The molecule has 178 valence electrons. The minimum Gasteiger partial charge on any atom is -0.452 e. The molecule has 34 heavy (non-hydrogen) atoms. The summed E-state index contributed by atoms with van der Waals surface area (Å²) in [5, 5.41) is 0. The van der Waals surface area contributed by atoms with E-state index in [2.05, 4.69) is 4.72 Å². The summed E-state index contributed by atoms with van der Waals surface area (Å²) in [7, 11) is -2.48. The van der Waals surface area contributed by atoms with E-state index in [1.165, 1.54) is 30.0 Å². The van der Waals surface area contributed by atoms with Crippen molar-refractivity contribution in [3.63, 3.8) is 0 Å². The zero-order chi connectivity index (χ0) is 24.9. The number of carbonyl (C=O) groups excluding carboxylic acids is 2. The van der Waals surface area contributed by atoms with Gasteiger partial charge in [0, 0.05) is 7.05 Å². The van der Waals surface area contributed by atoms with E-state index in [4.69, 9.17) is 4.74 Å². The van der Waals surface area contributed by atoms with Gasteiger partial charge in [-0.25, -0.2) is 17.6 Å².